The lowest BCUT2D eigenvalue weighted by Crippen LogP contribution is -2.46. The molecule has 4 nitrogen and oxygen atoms in total. The predicted molar refractivity (Wildman–Crippen MR) is 93.9 cm³/mol. The molecular weight excluding hydrogens is 357 g/mol. The van der Waals surface area contributed by atoms with E-state index in [2.05, 4.69) is 5.32 Å². The van der Waals surface area contributed by atoms with Crippen molar-refractivity contribution in [3.05, 3.63) is 70.5 Å². The summed E-state index contributed by atoms with van der Waals surface area (Å²) in [6.45, 7) is 2.51. The third-order valence-electron chi connectivity index (χ3n) is 4.70. The van der Waals surface area contributed by atoms with Gasteiger partial charge in [0, 0.05) is 24.7 Å². The molecule has 0 radical (unpaired) electrons. The number of halogens is 3. The van der Waals surface area contributed by atoms with Crippen LogP contribution in [-0.2, 0) is 0 Å². The number of aryl methyl sites for hydroxylation is 1. The van der Waals surface area contributed by atoms with Gasteiger partial charge < -0.3 is 10.2 Å². The number of amides is 2. The van der Waals surface area contributed by atoms with E-state index in [9.17, 15) is 22.8 Å². The first-order valence-corrected chi connectivity index (χ1v) is 8.67. The van der Waals surface area contributed by atoms with Crippen molar-refractivity contribution in [2.24, 2.45) is 0 Å². The molecule has 0 aliphatic carbocycles. The van der Waals surface area contributed by atoms with Crippen molar-refractivity contribution < 1.29 is 22.8 Å². The van der Waals surface area contributed by atoms with E-state index in [0.29, 0.717) is 18.4 Å². The average Bonchev–Trinajstić information content (AvgIpc) is 2.67. The number of hydrogen-bond acceptors (Lipinski definition) is 2. The molecule has 0 bridgehead atoms. The van der Waals surface area contributed by atoms with Gasteiger partial charge >= 0.3 is 0 Å². The average molecular weight is 376 g/mol. The van der Waals surface area contributed by atoms with Crippen LogP contribution in [0.5, 0.6) is 0 Å². The molecule has 0 saturated carbocycles. The molecule has 7 heteroatoms. The monoisotopic (exact) mass is 376 g/mol. The van der Waals surface area contributed by atoms with Gasteiger partial charge in [-0.15, -0.1) is 0 Å². The summed E-state index contributed by atoms with van der Waals surface area (Å²) in [4.78, 5) is 26.0. The van der Waals surface area contributed by atoms with Gasteiger partial charge in [-0.1, -0.05) is 17.7 Å². The van der Waals surface area contributed by atoms with E-state index in [1.807, 2.05) is 19.1 Å². The van der Waals surface area contributed by atoms with E-state index in [1.165, 1.54) is 4.90 Å². The zero-order valence-corrected chi connectivity index (χ0v) is 14.8. The summed E-state index contributed by atoms with van der Waals surface area (Å²) in [6.07, 6.45) is 0.989. The Labute approximate surface area is 155 Å². The molecule has 1 N–H and O–H groups in total. The molecule has 0 atom stereocenters. The van der Waals surface area contributed by atoms with Gasteiger partial charge in [0.2, 0.25) is 0 Å². The maximum atomic E-state index is 13.8. The van der Waals surface area contributed by atoms with E-state index in [1.54, 1.807) is 12.1 Å². The number of rotatable bonds is 3. The Morgan fingerprint density at radius 2 is 1.59 bits per heavy atom. The summed E-state index contributed by atoms with van der Waals surface area (Å²) in [5.74, 6) is -5.33. The molecule has 1 aliphatic rings. The Bertz CT molecular complexity index is 860. The summed E-state index contributed by atoms with van der Waals surface area (Å²) in [7, 11) is 0. The maximum Gasteiger partial charge on any atom is 0.256 e. The van der Waals surface area contributed by atoms with Crippen LogP contribution >= 0.6 is 0 Å². The second-order valence-electron chi connectivity index (χ2n) is 6.63. The van der Waals surface area contributed by atoms with E-state index in [4.69, 9.17) is 0 Å². The molecule has 2 amide bonds. The molecule has 1 heterocycles. The fraction of sp³-hybridized carbons (Fsp3) is 0.300. The topological polar surface area (TPSA) is 49.4 Å². The minimum atomic E-state index is -1.65. The Morgan fingerprint density at radius 1 is 0.963 bits per heavy atom. The fourth-order valence-corrected chi connectivity index (χ4v) is 3.06. The second-order valence-corrected chi connectivity index (χ2v) is 6.63. The molecule has 0 unspecified atom stereocenters. The van der Waals surface area contributed by atoms with Crippen LogP contribution in [0.15, 0.2) is 36.4 Å². The quantitative estimate of drug-likeness (QED) is 0.835. The molecule has 1 fully saturated rings. The van der Waals surface area contributed by atoms with Gasteiger partial charge in [0.15, 0.2) is 17.5 Å². The van der Waals surface area contributed by atoms with Crippen molar-refractivity contribution in [3.63, 3.8) is 0 Å². The van der Waals surface area contributed by atoms with Gasteiger partial charge in [-0.2, -0.15) is 0 Å². The Hall–Kier alpha value is -2.83. The summed E-state index contributed by atoms with van der Waals surface area (Å²) in [5.41, 5.74) is 1.13. The van der Waals surface area contributed by atoms with Crippen molar-refractivity contribution in [3.8, 4) is 0 Å². The highest BCUT2D eigenvalue weighted by Gasteiger charge is 2.28. The molecular formula is C20H19F3N2O2. The van der Waals surface area contributed by atoms with Crippen LogP contribution < -0.4 is 5.32 Å². The Balaban J connectivity index is 1.58. The first-order chi connectivity index (χ1) is 12.9. The number of carbonyl (C=O) groups is 2. The minimum absolute atomic E-state index is 0.113. The highest BCUT2D eigenvalue weighted by Crippen LogP contribution is 2.20. The van der Waals surface area contributed by atoms with E-state index in [0.717, 1.165) is 17.7 Å². The van der Waals surface area contributed by atoms with Crippen molar-refractivity contribution in [2.45, 2.75) is 25.8 Å². The lowest BCUT2D eigenvalue weighted by molar-refractivity contribution is 0.0692. The van der Waals surface area contributed by atoms with Gasteiger partial charge in [-0.05, 0) is 44.0 Å². The summed E-state index contributed by atoms with van der Waals surface area (Å²) >= 11 is 0. The highest BCUT2D eigenvalue weighted by molar-refractivity contribution is 5.95. The largest absolute Gasteiger partial charge is 0.349 e. The minimum Gasteiger partial charge on any atom is -0.349 e. The lowest BCUT2D eigenvalue weighted by Gasteiger charge is -2.32. The number of piperidine rings is 1. The molecule has 0 spiro atoms. The standard InChI is InChI=1S/C20H19F3N2O2/c1-12-2-4-13(5-3-12)19(26)24-14-8-10-25(11-9-14)20(27)15-6-7-16(21)18(23)17(15)22/h2-7,14H,8-11H2,1H3,(H,24,26). The van der Waals surface area contributed by atoms with Crippen LogP contribution in [0.2, 0.25) is 0 Å². The molecule has 1 saturated heterocycles. The van der Waals surface area contributed by atoms with Gasteiger partial charge in [0.25, 0.3) is 11.8 Å². The van der Waals surface area contributed by atoms with Gasteiger partial charge in [-0.3, -0.25) is 9.59 Å². The van der Waals surface area contributed by atoms with Crippen LogP contribution in [0.25, 0.3) is 0 Å². The summed E-state index contributed by atoms with van der Waals surface area (Å²) in [6, 6.07) is 8.77. The van der Waals surface area contributed by atoms with E-state index >= 15 is 0 Å². The van der Waals surface area contributed by atoms with Gasteiger partial charge in [0.1, 0.15) is 0 Å². The number of hydrogen-bond donors (Lipinski definition) is 1. The van der Waals surface area contributed by atoms with Gasteiger partial charge in [-0.25, -0.2) is 13.2 Å². The normalized spacial score (nSPS) is 14.9. The highest BCUT2D eigenvalue weighted by atomic mass is 19.2. The molecule has 0 aromatic heterocycles. The number of likely N-dealkylation sites (tertiary alicyclic amines) is 1. The van der Waals surface area contributed by atoms with Crippen LogP contribution in [0.1, 0.15) is 39.1 Å². The van der Waals surface area contributed by atoms with E-state index < -0.39 is 28.9 Å². The predicted octanol–water partition coefficient (Wildman–Crippen LogP) is 3.45. The van der Waals surface area contributed by atoms with Crippen LogP contribution in [0, 0.1) is 24.4 Å². The molecule has 1 aliphatic heterocycles. The Morgan fingerprint density at radius 3 is 2.22 bits per heavy atom. The molecule has 142 valence electrons. The number of nitrogens with one attached hydrogen (secondary N) is 1. The van der Waals surface area contributed by atoms with Crippen molar-refractivity contribution in [1.82, 2.24) is 10.2 Å². The molecule has 27 heavy (non-hydrogen) atoms. The van der Waals surface area contributed by atoms with Crippen LogP contribution in [0.4, 0.5) is 13.2 Å². The van der Waals surface area contributed by atoms with Crippen LogP contribution in [-0.4, -0.2) is 35.8 Å². The molecule has 3 rings (SSSR count). The molecule has 2 aromatic carbocycles. The van der Waals surface area contributed by atoms with Crippen molar-refractivity contribution in [2.75, 3.05) is 13.1 Å². The smallest absolute Gasteiger partial charge is 0.256 e. The fourth-order valence-electron chi connectivity index (χ4n) is 3.06. The first kappa shape index (κ1) is 18.9. The number of nitrogens with zero attached hydrogens (tertiary/aromatic N) is 1. The number of carbonyl (C=O) groups excluding carboxylic acids is 2. The van der Waals surface area contributed by atoms with Crippen molar-refractivity contribution >= 4 is 11.8 Å². The van der Waals surface area contributed by atoms with Crippen molar-refractivity contribution in [1.29, 1.82) is 0 Å². The summed E-state index contributed by atoms with van der Waals surface area (Å²) in [5, 5.41) is 2.92. The zero-order chi connectivity index (χ0) is 19.6. The summed E-state index contributed by atoms with van der Waals surface area (Å²) < 4.78 is 40.2. The Kier molecular flexibility index (Phi) is 5.48. The SMILES string of the molecule is Cc1ccc(C(=O)NC2CCN(C(=O)c3ccc(F)c(F)c3F)CC2)cc1. The second kappa shape index (κ2) is 7.82. The van der Waals surface area contributed by atoms with Crippen LogP contribution in [0.3, 0.4) is 0 Å². The third kappa shape index (κ3) is 4.13. The maximum absolute atomic E-state index is 13.8. The number of benzene rings is 2. The third-order valence-corrected chi connectivity index (χ3v) is 4.70. The van der Waals surface area contributed by atoms with E-state index in [-0.39, 0.29) is 25.0 Å². The lowest BCUT2D eigenvalue weighted by atomic mass is 10.0. The zero-order valence-electron chi connectivity index (χ0n) is 14.8. The first-order valence-electron chi connectivity index (χ1n) is 8.67. The van der Waals surface area contributed by atoms with Gasteiger partial charge in [0.05, 0.1) is 5.56 Å². The molecule has 2 aromatic rings.